The van der Waals surface area contributed by atoms with Crippen LogP contribution in [0, 0.1) is 6.92 Å². The van der Waals surface area contributed by atoms with Gasteiger partial charge in [0.1, 0.15) is 0 Å². The molecule has 9 heteroatoms. The number of H-pyrrole nitrogens is 1. The van der Waals surface area contributed by atoms with Gasteiger partial charge in [0.15, 0.2) is 5.96 Å². The van der Waals surface area contributed by atoms with Crippen LogP contribution in [-0.2, 0) is 28.7 Å². The monoisotopic (exact) mass is 555 g/mol. The third-order valence-corrected chi connectivity index (χ3v) is 6.29. The molecule has 1 aromatic heterocycles. The molecule has 0 unspecified atom stereocenters. The zero-order valence-corrected chi connectivity index (χ0v) is 21.2. The van der Waals surface area contributed by atoms with Gasteiger partial charge in [-0.25, -0.2) is 13.1 Å². The number of guanidine groups is 1. The van der Waals surface area contributed by atoms with Gasteiger partial charge in [-0.15, -0.1) is 24.0 Å². The van der Waals surface area contributed by atoms with Crippen molar-refractivity contribution in [1.82, 2.24) is 20.3 Å². The zero-order valence-electron chi connectivity index (χ0n) is 18.0. The molecule has 168 valence electrons. The molecule has 2 aromatic carbocycles. The summed E-state index contributed by atoms with van der Waals surface area (Å²) >= 11 is 0. The Morgan fingerprint density at radius 1 is 1.10 bits per heavy atom. The van der Waals surface area contributed by atoms with Gasteiger partial charge < -0.3 is 15.6 Å². The Kier molecular flexibility index (Phi) is 9.32. The van der Waals surface area contributed by atoms with Crippen molar-refractivity contribution >= 4 is 50.9 Å². The minimum atomic E-state index is -3.29. The molecular weight excluding hydrogens is 525 g/mol. The van der Waals surface area contributed by atoms with Gasteiger partial charge in [0.2, 0.25) is 10.0 Å². The summed E-state index contributed by atoms with van der Waals surface area (Å²) in [5.74, 6) is 0.674. The predicted octanol–water partition coefficient (Wildman–Crippen LogP) is 3.05. The zero-order chi connectivity index (χ0) is 21.6. The molecule has 3 aromatic rings. The Balaban J connectivity index is 0.00000341. The van der Waals surface area contributed by atoms with Gasteiger partial charge in [-0.2, -0.15) is 0 Å². The van der Waals surface area contributed by atoms with Crippen LogP contribution in [0.3, 0.4) is 0 Å². The molecule has 0 aliphatic heterocycles. The van der Waals surface area contributed by atoms with Gasteiger partial charge in [0, 0.05) is 37.2 Å². The number of aromatic amines is 1. The Morgan fingerprint density at radius 3 is 2.61 bits per heavy atom. The summed E-state index contributed by atoms with van der Waals surface area (Å²) in [4.78, 5) is 7.60. The van der Waals surface area contributed by atoms with E-state index >= 15 is 0 Å². The highest BCUT2D eigenvalue weighted by Crippen LogP contribution is 2.19. The van der Waals surface area contributed by atoms with E-state index in [1.54, 1.807) is 7.05 Å². The molecule has 7 nitrogen and oxygen atoms in total. The molecule has 0 amide bonds. The third kappa shape index (κ3) is 7.22. The first kappa shape index (κ1) is 25.2. The van der Waals surface area contributed by atoms with Crippen LogP contribution in [0.5, 0.6) is 0 Å². The van der Waals surface area contributed by atoms with Crippen molar-refractivity contribution in [1.29, 1.82) is 0 Å². The first-order chi connectivity index (χ1) is 14.4. The van der Waals surface area contributed by atoms with Gasteiger partial charge in [-0.3, -0.25) is 4.99 Å². The van der Waals surface area contributed by atoms with Gasteiger partial charge in [-0.05, 0) is 48.7 Å². The molecule has 1 heterocycles. The number of aliphatic imine (C=N–C) groups is 1. The van der Waals surface area contributed by atoms with E-state index in [0.29, 0.717) is 12.5 Å². The summed E-state index contributed by atoms with van der Waals surface area (Å²) in [6, 6.07) is 14.0. The number of nitrogens with one attached hydrogen (secondary N) is 4. The maximum atomic E-state index is 11.7. The Labute approximate surface area is 201 Å². The van der Waals surface area contributed by atoms with Crippen LogP contribution in [0.4, 0.5) is 0 Å². The van der Waals surface area contributed by atoms with Crippen molar-refractivity contribution in [3.05, 3.63) is 70.9 Å². The van der Waals surface area contributed by atoms with Crippen molar-refractivity contribution in [2.45, 2.75) is 25.6 Å². The maximum absolute atomic E-state index is 11.7. The molecule has 4 N–H and O–H groups in total. The number of aromatic nitrogens is 1. The summed E-state index contributed by atoms with van der Waals surface area (Å²) in [7, 11) is -0.126. The quantitative estimate of drug-likeness (QED) is 0.195. The largest absolute Gasteiger partial charge is 0.361 e. The van der Waals surface area contributed by atoms with Crippen LogP contribution in [0.2, 0.25) is 0 Å². The average Bonchev–Trinajstić information content (AvgIpc) is 3.12. The molecule has 3 rings (SSSR count). The smallest absolute Gasteiger partial charge is 0.215 e. The van der Waals surface area contributed by atoms with Gasteiger partial charge >= 0.3 is 0 Å². The van der Waals surface area contributed by atoms with E-state index in [4.69, 9.17) is 0 Å². The number of hydrogen-bond donors (Lipinski definition) is 4. The topological polar surface area (TPSA) is 98.4 Å². The van der Waals surface area contributed by atoms with E-state index in [2.05, 4.69) is 56.7 Å². The minimum absolute atomic E-state index is 0. The summed E-state index contributed by atoms with van der Waals surface area (Å²) in [5.41, 5.74) is 5.42. The molecule has 0 saturated heterocycles. The standard InChI is InChI=1S/C22H29N5O2S.HI/c1-16-7-8-20-19(14-26-21(20)11-16)9-10-25-22(23-2)27-13-17-5-4-6-18(12-17)15-30(28,29)24-3;/h4-8,11-12,14,24,26H,9-10,13,15H2,1-3H3,(H2,23,25,27);1H. The second-order valence-electron chi connectivity index (χ2n) is 7.25. The van der Waals surface area contributed by atoms with E-state index in [1.807, 2.05) is 24.3 Å². The fraction of sp³-hybridized carbons (Fsp3) is 0.318. The van der Waals surface area contributed by atoms with E-state index in [-0.39, 0.29) is 29.7 Å². The molecule has 0 saturated carbocycles. The fourth-order valence-corrected chi connectivity index (χ4v) is 4.11. The number of sulfonamides is 1. The summed E-state index contributed by atoms with van der Waals surface area (Å²) in [5, 5.41) is 7.86. The Morgan fingerprint density at radius 2 is 1.87 bits per heavy atom. The molecular formula is C22H30IN5O2S. The highest BCUT2D eigenvalue weighted by Gasteiger charge is 2.09. The second-order valence-corrected chi connectivity index (χ2v) is 9.18. The lowest BCUT2D eigenvalue weighted by Gasteiger charge is -2.12. The fourth-order valence-electron chi connectivity index (χ4n) is 3.35. The second kappa shape index (κ2) is 11.5. The number of halogens is 1. The predicted molar refractivity (Wildman–Crippen MR) is 138 cm³/mol. The summed E-state index contributed by atoms with van der Waals surface area (Å²) < 4.78 is 25.8. The van der Waals surface area contributed by atoms with E-state index < -0.39 is 10.0 Å². The van der Waals surface area contributed by atoms with Gasteiger partial charge in [-0.1, -0.05) is 36.4 Å². The highest BCUT2D eigenvalue weighted by atomic mass is 127. The SMILES string of the molecule is CN=C(NCCc1c[nH]c2cc(C)ccc12)NCc1cccc(CS(=O)(=O)NC)c1.I. The van der Waals surface area contributed by atoms with Crippen LogP contribution >= 0.6 is 24.0 Å². The minimum Gasteiger partial charge on any atom is -0.361 e. The molecule has 0 atom stereocenters. The number of hydrogen-bond acceptors (Lipinski definition) is 3. The first-order valence-corrected chi connectivity index (χ1v) is 11.6. The highest BCUT2D eigenvalue weighted by molar-refractivity contribution is 14.0. The van der Waals surface area contributed by atoms with Crippen LogP contribution in [-0.4, -0.2) is 40.0 Å². The first-order valence-electron chi connectivity index (χ1n) is 9.90. The molecule has 0 radical (unpaired) electrons. The van der Waals surface area contributed by atoms with Gasteiger partial charge in [0.05, 0.1) is 5.75 Å². The van der Waals surface area contributed by atoms with E-state index in [0.717, 1.165) is 29.6 Å². The van der Waals surface area contributed by atoms with Crippen molar-refractivity contribution in [2.75, 3.05) is 20.6 Å². The maximum Gasteiger partial charge on any atom is 0.215 e. The van der Waals surface area contributed by atoms with Crippen molar-refractivity contribution in [2.24, 2.45) is 4.99 Å². The summed E-state index contributed by atoms with van der Waals surface area (Å²) in [6.07, 6.45) is 2.94. The molecule has 0 aliphatic rings. The van der Waals surface area contributed by atoms with Crippen LogP contribution in [0.1, 0.15) is 22.3 Å². The third-order valence-electron chi connectivity index (χ3n) is 4.95. The molecule has 0 bridgehead atoms. The molecule has 0 spiro atoms. The average molecular weight is 555 g/mol. The number of rotatable bonds is 8. The molecule has 0 aliphatic carbocycles. The van der Waals surface area contributed by atoms with Crippen LogP contribution < -0.4 is 15.4 Å². The number of benzene rings is 2. The lowest BCUT2D eigenvalue weighted by Crippen LogP contribution is -2.37. The van der Waals surface area contributed by atoms with E-state index in [1.165, 1.54) is 23.6 Å². The van der Waals surface area contributed by atoms with Gasteiger partial charge in [0.25, 0.3) is 0 Å². The van der Waals surface area contributed by atoms with E-state index in [9.17, 15) is 8.42 Å². The normalized spacial score (nSPS) is 11.9. The number of aryl methyl sites for hydroxylation is 1. The number of fused-ring (bicyclic) bond motifs is 1. The van der Waals surface area contributed by atoms with Crippen LogP contribution in [0.15, 0.2) is 53.7 Å². The van der Waals surface area contributed by atoms with Crippen LogP contribution in [0.25, 0.3) is 10.9 Å². The summed E-state index contributed by atoms with van der Waals surface area (Å²) in [6.45, 7) is 3.40. The Hall–Kier alpha value is -2.11. The van der Waals surface area contributed by atoms with Crippen molar-refractivity contribution in [3.63, 3.8) is 0 Å². The molecule has 31 heavy (non-hydrogen) atoms. The van der Waals surface area contributed by atoms with Crippen molar-refractivity contribution < 1.29 is 8.42 Å². The lowest BCUT2D eigenvalue weighted by molar-refractivity contribution is 0.587. The van der Waals surface area contributed by atoms with Crippen molar-refractivity contribution in [3.8, 4) is 0 Å². The lowest BCUT2D eigenvalue weighted by atomic mass is 10.1. The molecule has 0 fully saturated rings. The Bertz CT molecular complexity index is 1140. The number of nitrogens with zero attached hydrogens (tertiary/aromatic N) is 1.